The van der Waals surface area contributed by atoms with E-state index >= 15 is 0 Å². The number of nitrogens with zero attached hydrogens (tertiary/aromatic N) is 2. The summed E-state index contributed by atoms with van der Waals surface area (Å²) in [5.41, 5.74) is 8.25. The summed E-state index contributed by atoms with van der Waals surface area (Å²) in [6.45, 7) is 3.62. The lowest BCUT2D eigenvalue weighted by Crippen LogP contribution is -2.14. The minimum atomic E-state index is -0.0667. The normalized spacial score (nSPS) is 12.4. The number of fused-ring (bicyclic) bond motifs is 1. The second kappa shape index (κ2) is 7.29. The summed E-state index contributed by atoms with van der Waals surface area (Å²) in [5, 5.41) is 0. The zero-order valence-corrected chi connectivity index (χ0v) is 13.5. The molecule has 0 fully saturated rings. The van der Waals surface area contributed by atoms with Crippen LogP contribution in [0.2, 0.25) is 0 Å². The number of aromatic nitrogens is 2. The summed E-state index contributed by atoms with van der Waals surface area (Å²) in [4.78, 5) is 4.67. The number of ether oxygens (including phenoxy) is 1. The quantitative estimate of drug-likeness (QED) is 0.673. The molecule has 0 aliphatic carbocycles. The van der Waals surface area contributed by atoms with Gasteiger partial charge in [-0.1, -0.05) is 30.3 Å². The molecule has 1 aromatic heterocycles. The van der Waals surface area contributed by atoms with Gasteiger partial charge in [-0.2, -0.15) is 0 Å². The van der Waals surface area contributed by atoms with Crippen molar-refractivity contribution in [2.45, 2.75) is 32.4 Å². The van der Waals surface area contributed by atoms with Crippen LogP contribution in [0, 0.1) is 0 Å². The zero-order chi connectivity index (χ0) is 16.1. The molecule has 120 valence electrons. The third-order valence-electron chi connectivity index (χ3n) is 3.88. The van der Waals surface area contributed by atoms with Gasteiger partial charge in [-0.25, -0.2) is 4.98 Å². The number of nitrogens with two attached hydrogens (primary N) is 1. The number of rotatable bonds is 7. The summed E-state index contributed by atoms with van der Waals surface area (Å²) in [6, 6.07) is 18.1. The summed E-state index contributed by atoms with van der Waals surface area (Å²) < 4.78 is 7.98. The molecule has 0 aliphatic rings. The van der Waals surface area contributed by atoms with Gasteiger partial charge in [0.15, 0.2) is 0 Å². The van der Waals surface area contributed by atoms with Crippen molar-refractivity contribution in [3.63, 3.8) is 0 Å². The molecule has 23 heavy (non-hydrogen) atoms. The molecule has 0 radical (unpaired) electrons. The summed E-state index contributed by atoms with van der Waals surface area (Å²) >= 11 is 0. The molecule has 4 nitrogen and oxygen atoms in total. The van der Waals surface area contributed by atoms with Crippen LogP contribution in [0.4, 0.5) is 0 Å². The smallest absolute Gasteiger partial charge is 0.126 e. The van der Waals surface area contributed by atoms with Crippen LogP contribution in [0.5, 0.6) is 5.75 Å². The molecule has 0 saturated carbocycles. The maximum Gasteiger partial charge on any atom is 0.126 e. The first-order chi connectivity index (χ1) is 11.3. The average molecular weight is 309 g/mol. The zero-order valence-electron chi connectivity index (χ0n) is 13.5. The predicted octanol–water partition coefficient (Wildman–Crippen LogP) is 3.92. The molecule has 0 saturated heterocycles. The Hall–Kier alpha value is -2.33. The Kier molecular flexibility index (Phi) is 4.93. The Morgan fingerprint density at radius 3 is 2.57 bits per heavy atom. The third-order valence-corrected chi connectivity index (χ3v) is 3.88. The topological polar surface area (TPSA) is 53.1 Å². The van der Waals surface area contributed by atoms with Crippen LogP contribution in [-0.2, 0) is 6.54 Å². The highest BCUT2D eigenvalue weighted by molar-refractivity contribution is 5.76. The van der Waals surface area contributed by atoms with E-state index in [1.165, 1.54) is 0 Å². The van der Waals surface area contributed by atoms with Crippen LogP contribution in [0.25, 0.3) is 11.0 Å². The van der Waals surface area contributed by atoms with Gasteiger partial charge in [-0.3, -0.25) is 0 Å². The lowest BCUT2D eigenvalue weighted by Gasteiger charge is -2.12. The fraction of sp³-hybridized carbons (Fsp3) is 0.316. The molecule has 2 aromatic carbocycles. The third kappa shape index (κ3) is 3.71. The lowest BCUT2D eigenvalue weighted by molar-refractivity contribution is 0.303. The molecule has 0 bridgehead atoms. The van der Waals surface area contributed by atoms with Gasteiger partial charge < -0.3 is 15.0 Å². The van der Waals surface area contributed by atoms with E-state index in [1.54, 1.807) is 0 Å². The monoisotopic (exact) mass is 309 g/mol. The van der Waals surface area contributed by atoms with Gasteiger partial charge in [0.25, 0.3) is 0 Å². The van der Waals surface area contributed by atoms with E-state index in [0.29, 0.717) is 0 Å². The van der Waals surface area contributed by atoms with Gasteiger partial charge in [-0.05, 0) is 44.0 Å². The van der Waals surface area contributed by atoms with Gasteiger partial charge in [0.1, 0.15) is 11.6 Å². The van der Waals surface area contributed by atoms with E-state index in [2.05, 4.69) is 15.6 Å². The molecule has 3 aromatic rings. The highest BCUT2D eigenvalue weighted by Crippen LogP contribution is 2.20. The van der Waals surface area contributed by atoms with Gasteiger partial charge in [-0.15, -0.1) is 0 Å². The number of aryl methyl sites for hydroxylation is 1. The van der Waals surface area contributed by atoms with Crippen molar-refractivity contribution in [1.29, 1.82) is 0 Å². The molecule has 1 atom stereocenters. The number of hydrogen-bond acceptors (Lipinski definition) is 3. The van der Waals surface area contributed by atoms with E-state index in [-0.39, 0.29) is 6.04 Å². The number of benzene rings is 2. The van der Waals surface area contributed by atoms with Crippen LogP contribution in [-0.4, -0.2) is 16.2 Å². The molecule has 1 unspecified atom stereocenters. The maximum atomic E-state index is 6.08. The Morgan fingerprint density at radius 2 is 1.78 bits per heavy atom. The van der Waals surface area contributed by atoms with E-state index in [4.69, 9.17) is 10.5 Å². The van der Waals surface area contributed by atoms with Crippen LogP contribution in [0.3, 0.4) is 0 Å². The molecular formula is C19H23N3O. The van der Waals surface area contributed by atoms with E-state index in [0.717, 1.165) is 48.6 Å². The Balaban J connectivity index is 1.59. The fourth-order valence-electron chi connectivity index (χ4n) is 2.76. The predicted molar refractivity (Wildman–Crippen MR) is 93.5 cm³/mol. The molecular weight excluding hydrogens is 286 g/mol. The van der Waals surface area contributed by atoms with Crippen LogP contribution < -0.4 is 10.5 Å². The first-order valence-electron chi connectivity index (χ1n) is 8.14. The molecule has 0 spiro atoms. The van der Waals surface area contributed by atoms with Gasteiger partial charge in [0.05, 0.1) is 23.7 Å². The highest BCUT2D eigenvalue weighted by atomic mass is 16.5. The summed E-state index contributed by atoms with van der Waals surface area (Å²) in [5.74, 6) is 1.88. The number of para-hydroxylation sites is 3. The first-order valence-corrected chi connectivity index (χ1v) is 8.14. The molecule has 4 heteroatoms. The van der Waals surface area contributed by atoms with Gasteiger partial charge in [0.2, 0.25) is 0 Å². The van der Waals surface area contributed by atoms with Crippen LogP contribution in [0.1, 0.15) is 31.6 Å². The molecule has 2 N–H and O–H groups in total. The standard InChI is InChI=1S/C19H23N3O/c1-15(20)19-21-17-11-5-6-12-18(17)22(19)13-7-8-14-23-16-9-3-2-4-10-16/h2-6,9-12,15H,7-8,13-14,20H2,1H3. The van der Waals surface area contributed by atoms with Crippen molar-refractivity contribution in [2.75, 3.05) is 6.61 Å². The molecule has 3 rings (SSSR count). The summed E-state index contributed by atoms with van der Waals surface area (Å²) in [7, 11) is 0. The van der Waals surface area contributed by atoms with Crippen molar-refractivity contribution in [3.05, 3.63) is 60.4 Å². The van der Waals surface area contributed by atoms with E-state index in [9.17, 15) is 0 Å². The van der Waals surface area contributed by atoms with Crippen molar-refractivity contribution < 1.29 is 4.74 Å². The fourth-order valence-corrected chi connectivity index (χ4v) is 2.76. The minimum absolute atomic E-state index is 0.0667. The largest absolute Gasteiger partial charge is 0.494 e. The average Bonchev–Trinajstić information content (AvgIpc) is 2.95. The minimum Gasteiger partial charge on any atom is -0.494 e. The van der Waals surface area contributed by atoms with Gasteiger partial charge >= 0.3 is 0 Å². The van der Waals surface area contributed by atoms with Crippen LogP contribution >= 0.6 is 0 Å². The number of imidazole rings is 1. The molecule has 0 aliphatic heterocycles. The Morgan fingerprint density at radius 1 is 1.04 bits per heavy atom. The lowest BCUT2D eigenvalue weighted by atomic mass is 10.2. The Labute approximate surface area is 136 Å². The maximum absolute atomic E-state index is 6.08. The SMILES string of the molecule is CC(N)c1nc2ccccc2n1CCCCOc1ccccc1. The second-order valence-corrected chi connectivity index (χ2v) is 5.77. The number of hydrogen-bond donors (Lipinski definition) is 1. The summed E-state index contributed by atoms with van der Waals surface area (Å²) in [6.07, 6.45) is 2.03. The molecule has 1 heterocycles. The molecule has 0 amide bonds. The Bertz CT molecular complexity index is 750. The second-order valence-electron chi connectivity index (χ2n) is 5.77. The van der Waals surface area contributed by atoms with Crippen molar-refractivity contribution >= 4 is 11.0 Å². The van der Waals surface area contributed by atoms with Crippen molar-refractivity contribution in [1.82, 2.24) is 9.55 Å². The van der Waals surface area contributed by atoms with E-state index in [1.807, 2.05) is 55.5 Å². The number of unbranched alkanes of at least 4 members (excludes halogenated alkanes) is 1. The van der Waals surface area contributed by atoms with Crippen molar-refractivity contribution in [3.8, 4) is 5.75 Å². The van der Waals surface area contributed by atoms with Gasteiger partial charge in [0, 0.05) is 6.54 Å². The van der Waals surface area contributed by atoms with Crippen LogP contribution in [0.15, 0.2) is 54.6 Å². The van der Waals surface area contributed by atoms with Crippen molar-refractivity contribution in [2.24, 2.45) is 5.73 Å². The first kappa shape index (κ1) is 15.6. The highest BCUT2D eigenvalue weighted by Gasteiger charge is 2.13. The van der Waals surface area contributed by atoms with E-state index < -0.39 is 0 Å².